The molecule has 7 nitrogen and oxygen atoms in total. The lowest BCUT2D eigenvalue weighted by atomic mass is 9.61. The molecule has 1 amide bonds. The lowest BCUT2D eigenvalue weighted by Gasteiger charge is -2.41. The van der Waals surface area contributed by atoms with Gasteiger partial charge in [-0.15, -0.1) is 5.10 Å². The standard InChI is InChI=1S/C27H33N5O2/c1-18(2)28-24(33)26-14-27(15-26,34-17-26)23-29-22-19(3)12-21(13-32(22)30-23)31-11-10-25(4,16-31)20-8-6-5-7-9-20/h5-9,12-13,18H,10-11,14-17H2,1-4H3,(H,28,33)/t25-,26?,27?/m0/s1. The first kappa shape index (κ1) is 21.6. The van der Waals surface area contributed by atoms with Crippen LogP contribution in [-0.4, -0.2) is 46.2 Å². The van der Waals surface area contributed by atoms with Gasteiger partial charge >= 0.3 is 0 Å². The number of fused-ring (bicyclic) bond motifs is 2. The molecule has 1 aliphatic carbocycles. The molecule has 3 aromatic rings. The highest BCUT2D eigenvalue weighted by Crippen LogP contribution is 2.62. The van der Waals surface area contributed by atoms with Crippen molar-refractivity contribution in [2.45, 2.75) is 64.0 Å². The zero-order valence-electron chi connectivity index (χ0n) is 20.5. The average molecular weight is 460 g/mol. The van der Waals surface area contributed by atoms with E-state index in [1.165, 1.54) is 11.3 Å². The number of aryl methyl sites for hydroxylation is 1. The molecule has 1 atom stereocenters. The second kappa shape index (κ2) is 7.28. The fraction of sp³-hybridized carbons (Fsp3) is 0.519. The highest BCUT2D eigenvalue weighted by atomic mass is 16.5. The van der Waals surface area contributed by atoms with Gasteiger partial charge in [0.15, 0.2) is 11.5 Å². The molecule has 7 rings (SSSR count). The number of rotatable bonds is 5. The van der Waals surface area contributed by atoms with E-state index in [1.807, 2.05) is 18.4 Å². The lowest BCUT2D eigenvalue weighted by molar-refractivity contribution is -0.137. The van der Waals surface area contributed by atoms with Gasteiger partial charge in [0.1, 0.15) is 5.60 Å². The first-order valence-corrected chi connectivity index (χ1v) is 12.4. The van der Waals surface area contributed by atoms with Crippen molar-refractivity contribution in [1.29, 1.82) is 0 Å². The first-order chi connectivity index (χ1) is 16.2. The normalized spacial score (nSPS) is 30.2. The van der Waals surface area contributed by atoms with Crippen molar-refractivity contribution in [3.8, 4) is 0 Å². The van der Waals surface area contributed by atoms with E-state index in [0.29, 0.717) is 25.3 Å². The molecule has 0 radical (unpaired) electrons. The van der Waals surface area contributed by atoms with E-state index in [1.54, 1.807) is 0 Å². The van der Waals surface area contributed by atoms with Crippen LogP contribution >= 0.6 is 0 Å². The van der Waals surface area contributed by atoms with Crippen molar-refractivity contribution < 1.29 is 9.53 Å². The highest BCUT2D eigenvalue weighted by Gasteiger charge is 2.68. The van der Waals surface area contributed by atoms with Gasteiger partial charge in [-0.3, -0.25) is 4.79 Å². The Balaban J connectivity index is 1.25. The van der Waals surface area contributed by atoms with Crippen molar-refractivity contribution in [1.82, 2.24) is 19.9 Å². The van der Waals surface area contributed by atoms with Gasteiger partial charge in [-0.25, -0.2) is 9.50 Å². The minimum atomic E-state index is -0.535. The predicted molar refractivity (Wildman–Crippen MR) is 131 cm³/mol. The number of aromatic nitrogens is 3. The van der Waals surface area contributed by atoms with Crippen LogP contribution in [0.5, 0.6) is 0 Å². The molecule has 5 heterocycles. The molecule has 2 aromatic heterocycles. The van der Waals surface area contributed by atoms with E-state index >= 15 is 0 Å². The van der Waals surface area contributed by atoms with Gasteiger partial charge in [-0.05, 0) is 44.4 Å². The van der Waals surface area contributed by atoms with Crippen LogP contribution in [0.3, 0.4) is 0 Å². The van der Waals surface area contributed by atoms with Gasteiger partial charge < -0.3 is 15.0 Å². The molecule has 4 aliphatic rings. The van der Waals surface area contributed by atoms with E-state index in [2.05, 4.69) is 66.7 Å². The van der Waals surface area contributed by atoms with Crippen molar-refractivity contribution in [3.05, 3.63) is 59.5 Å². The summed E-state index contributed by atoms with van der Waals surface area (Å²) in [6.07, 6.45) is 4.53. The summed E-state index contributed by atoms with van der Waals surface area (Å²) in [4.78, 5) is 20.0. The smallest absolute Gasteiger partial charge is 0.229 e. The van der Waals surface area contributed by atoms with Gasteiger partial charge in [0, 0.05) is 37.4 Å². The Kier molecular flexibility index (Phi) is 4.63. The number of benzene rings is 1. The zero-order chi connectivity index (χ0) is 23.7. The molecule has 0 spiro atoms. The van der Waals surface area contributed by atoms with Crippen LogP contribution < -0.4 is 10.2 Å². The predicted octanol–water partition coefficient (Wildman–Crippen LogP) is 3.74. The van der Waals surface area contributed by atoms with Crippen LogP contribution in [0, 0.1) is 12.3 Å². The maximum Gasteiger partial charge on any atom is 0.229 e. The maximum atomic E-state index is 12.7. The Morgan fingerprint density at radius 3 is 2.71 bits per heavy atom. The fourth-order valence-electron chi connectivity index (χ4n) is 6.14. The van der Waals surface area contributed by atoms with Crippen molar-refractivity contribution >= 4 is 17.2 Å². The van der Waals surface area contributed by atoms with Crippen LogP contribution in [0.2, 0.25) is 0 Å². The first-order valence-electron chi connectivity index (χ1n) is 12.4. The van der Waals surface area contributed by atoms with Gasteiger partial charge in [0.25, 0.3) is 0 Å². The Bertz CT molecular complexity index is 1260. The van der Waals surface area contributed by atoms with Crippen LogP contribution in [0.4, 0.5) is 5.69 Å². The third kappa shape index (κ3) is 3.17. The molecular weight excluding hydrogens is 426 g/mol. The third-order valence-corrected chi connectivity index (χ3v) is 8.09. The van der Waals surface area contributed by atoms with E-state index in [4.69, 9.17) is 14.8 Å². The second-order valence-corrected chi connectivity index (χ2v) is 11.2. The molecule has 7 heteroatoms. The van der Waals surface area contributed by atoms with Crippen molar-refractivity contribution in [2.75, 3.05) is 24.6 Å². The molecule has 3 saturated heterocycles. The summed E-state index contributed by atoms with van der Waals surface area (Å²) in [7, 11) is 0. The Morgan fingerprint density at radius 2 is 1.97 bits per heavy atom. The molecule has 1 aromatic carbocycles. The number of amides is 1. The molecule has 178 valence electrons. The van der Waals surface area contributed by atoms with Gasteiger partial charge in [-0.2, -0.15) is 0 Å². The van der Waals surface area contributed by atoms with E-state index in [-0.39, 0.29) is 17.4 Å². The van der Waals surface area contributed by atoms with E-state index in [0.717, 1.165) is 30.7 Å². The molecule has 0 unspecified atom stereocenters. The largest absolute Gasteiger partial charge is 0.369 e. The van der Waals surface area contributed by atoms with Crippen LogP contribution in [0.15, 0.2) is 42.6 Å². The minimum absolute atomic E-state index is 0.0911. The number of anilines is 1. The Morgan fingerprint density at radius 1 is 1.21 bits per heavy atom. The average Bonchev–Trinajstić information content (AvgIpc) is 3.55. The molecule has 4 fully saturated rings. The number of hydrogen-bond acceptors (Lipinski definition) is 5. The number of ether oxygens (including phenoxy) is 1. The molecule has 3 aliphatic heterocycles. The van der Waals surface area contributed by atoms with Gasteiger partial charge in [0.05, 0.1) is 23.9 Å². The minimum Gasteiger partial charge on any atom is -0.369 e. The number of hydrogen-bond donors (Lipinski definition) is 1. The molecule has 2 bridgehead atoms. The quantitative estimate of drug-likeness (QED) is 0.629. The fourth-order valence-corrected chi connectivity index (χ4v) is 6.14. The van der Waals surface area contributed by atoms with Crippen LogP contribution in [-0.2, 0) is 20.5 Å². The summed E-state index contributed by atoms with van der Waals surface area (Å²) in [6.45, 7) is 10.9. The Hall–Kier alpha value is -2.93. The van der Waals surface area contributed by atoms with Crippen molar-refractivity contribution in [3.63, 3.8) is 0 Å². The summed E-state index contributed by atoms with van der Waals surface area (Å²) < 4.78 is 8.08. The maximum absolute atomic E-state index is 12.7. The Labute approximate surface area is 200 Å². The zero-order valence-corrected chi connectivity index (χ0v) is 20.5. The number of carbonyl (C=O) groups is 1. The third-order valence-electron chi connectivity index (χ3n) is 8.09. The van der Waals surface area contributed by atoms with Crippen LogP contribution in [0.25, 0.3) is 5.65 Å². The van der Waals surface area contributed by atoms with E-state index in [9.17, 15) is 4.79 Å². The van der Waals surface area contributed by atoms with Gasteiger partial charge in [-0.1, -0.05) is 37.3 Å². The SMILES string of the molecule is Cc1cc(N2CC[C@](C)(c3ccccc3)C2)cn2nc(C34CC(C(=O)NC(C)C)(CO3)C4)nc12. The number of nitrogens with zero attached hydrogens (tertiary/aromatic N) is 4. The molecule has 1 saturated carbocycles. The summed E-state index contributed by atoms with van der Waals surface area (Å²) in [5, 5.41) is 7.92. The number of carbonyl (C=O) groups excluding carboxylic acids is 1. The summed E-state index contributed by atoms with van der Waals surface area (Å²) in [5.41, 5.74) is 3.70. The van der Waals surface area contributed by atoms with Crippen molar-refractivity contribution in [2.24, 2.45) is 5.41 Å². The number of pyridine rings is 1. The topological polar surface area (TPSA) is 71.8 Å². The number of nitrogens with one attached hydrogen (secondary N) is 1. The second-order valence-electron chi connectivity index (χ2n) is 11.2. The summed E-state index contributed by atoms with van der Waals surface area (Å²) in [5.74, 6) is 0.794. The molecule has 1 N–H and O–H groups in total. The lowest BCUT2D eigenvalue weighted by Crippen LogP contribution is -2.53. The van der Waals surface area contributed by atoms with E-state index < -0.39 is 11.0 Å². The highest BCUT2D eigenvalue weighted by molar-refractivity contribution is 5.85. The molecule has 34 heavy (non-hydrogen) atoms. The molecular formula is C27H33N5O2. The van der Waals surface area contributed by atoms with Gasteiger partial charge in [0.2, 0.25) is 5.91 Å². The summed E-state index contributed by atoms with van der Waals surface area (Å²) in [6, 6.07) is 13.2. The monoisotopic (exact) mass is 459 g/mol. The summed E-state index contributed by atoms with van der Waals surface area (Å²) >= 11 is 0. The van der Waals surface area contributed by atoms with Crippen LogP contribution in [0.1, 0.15) is 57.0 Å².